The number of carbonyl (C=O) groups is 1. The highest BCUT2D eigenvalue weighted by atomic mass is 35.5. The van der Waals surface area contributed by atoms with E-state index >= 15 is 0 Å². The number of rotatable bonds is 3. The zero-order chi connectivity index (χ0) is 15.6. The van der Waals surface area contributed by atoms with Crippen LogP contribution < -0.4 is 5.32 Å². The van der Waals surface area contributed by atoms with Gasteiger partial charge in [0.1, 0.15) is 5.75 Å². The van der Waals surface area contributed by atoms with E-state index < -0.39 is 10.8 Å². The van der Waals surface area contributed by atoms with Crippen LogP contribution in [-0.4, -0.2) is 15.9 Å². The topological polar surface area (TPSA) is 92.5 Å². The number of benzene rings is 2. The van der Waals surface area contributed by atoms with Gasteiger partial charge in [-0.1, -0.05) is 23.2 Å². The Balaban J connectivity index is 2.25. The number of phenols is 1. The molecule has 1 amide bonds. The largest absolute Gasteiger partial charge is 0.507 e. The monoisotopic (exact) mass is 326 g/mol. The van der Waals surface area contributed by atoms with E-state index in [1.54, 1.807) is 0 Å². The van der Waals surface area contributed by atoms with E-state index in [9.17, 15) is 20.0 Å². The van der Waals surface area contributed by atoms with E-state index in [0.29, 0.717) is 0 Å². The fourth-order valence-electron chi connectivity index (χ4n) is 1.61. The molecule has 8 heteroatoms. The normalized spacial score (nSPS) is 10.2. The van der Waals surface area contributed by atoms with Gasteiger partial charge in [0.25, 0.3) is 11.6 Å². The van der Waals surface area contributed by atoms with Crippen LogP contribution >= 0.6 is 23.2 Å². The molecule has 0 bridgehead atoms. The van der Waals surface area contributed by atoms with Crippen molar-refractivity contribution in [2.24, 2.45) is 0 Å². The SMILES string of the molecule is O=C(Nc1ccc([N+](=O)[O-])cc1Cl)c1ccc(Cl)cc1O. The molecule has 2 N–H and O–H groups in total. The number of phenolic OH excluding ortho intramolecular Hbond substituents is 1. The molecule has 0 aliphatic carbocycles. The van der Waals surface area contributed by atoms with E-state index in [1.807, 2.05) is 0 Å². The predicted octanol–water partition coefficient (Wildman–Crippen LogP) is 3.86. The predicted molar refractivity (Wildman–Crippen MR) is 79.2 cm³/mol. The van der Waals surface area contributed by atoms with Crippen LogP contribution in [0.1, 0.15) is 10.4 Å². The molecular weight excluding hydrogens is 319 g/mol. The van der Waals surface area contributed by atoms with Crippen molar-refractivity contribution in [3.63, 3.8) is 0 Å². The van der Waals surface area contributed by atoms with Gasteiger partial charge < -0.3 is 10.4 Å². The van der Waals surface area contributed by atoms with Gasteiger partial charge in [-0.3, -0.25) is 14.9 Å². The van der Waals surface area contributed by atoms with Crippen molar-refractivity contribution in [3.05, 3.63) is 62.1 Å². The maximum atomic E-state index is 12.0. The van der Waals surface area contributed by atoms with Gasteiger partial charge in [0.15, 0.2) is 0 Å². The molecule has 108 valence electrons. The lowest BCUT2D eigenvalue weighted by Gasteiger charge is -2.08. The summed E-state index contributed by atoms with van der Waals surface area (Å²) in [6, 6.07) is 7.68. The molecule has 0 spiro atoms. The number of hydrogen-bond acceptors (Lipinski definition) is 4. The number of nitro benzene ring substituents is 1. The molecular formula is C13H8Cl2N2O4. The lowest BCUT2D eigenvalue weighted by atomic mass is 10.2. The van der Waals surface area contributed by atoms with Crippen LogP contribution in [0, 0.1) is 10.1 Å². The summed E-state index contributed by atoms with van der Waals surface area (Å²) in [6.07, 6.45) is 0. The highest BCUT2D eigenvalue weighted by molar-refractivity contribution is 6.34. The molecule has 0 saturated heterocycles. The fourth-order valence-corrected chi connectivity index (χ4v) is 1.99. The smallest absolute Gasteiger partial charge is 0.271 e. The summed E-state index contributed by atoms with van der Waals surface area (Å²) >= 11 is 11.5. The maximum absolute atomic E-state index is 12.0. The Labute approximate surface area is 129 Å². The summed E-state index contributed by atoms with van der Waals surface area (Å²) in [5, 5.41) is 23.0. The minimum Gasteiger partial charge on any atom is -0.507 e. The molecule has 21 heavy (non-hydrogen) atoms. The van der Waals surface area contributed by atoms with Crippen molar-refractivity contribution < 1.29 is 14.8 Å². The number of hydrogen-bond donors (Lipinski definition) is 2. The first-order valence-corrected chi connectivity index (χ1v) is 6.38. The molecule has 2 rings (SSSR count). The molecule has 6 nitrogen and oxygen atoms in total. The standard InChI is InChI=1S/C13H8Cl2N2O4/c14-7-1-3-9(12(18)5-7)13(19)16-11-4-2-8(17(20)21)6-10(11)15/h1-6,18H,(H,16,19). The quantitative estimate of drug-likeness (QED) is 0.661. The van der Waals surface area contributed by atoms with Crippen LogP contribution in [0.15, 0.2) is 36.4 Å². The van der Waals surface area contributed by atoms with Crippen molar-refractivity contribution in [1.82, 2.24) is 0 Å². The van der Waals surface area contributed by atoms with Crippen molar-refractivity contribution in [2.45, 2.75) is 0 Å². The van der Waals surface area contributed by atoms with E-state index in [-0.39, 0.29) is 32.7 Å². The first-order valence-electron chi connectivity index (χ1n) is 5.62. The summed E-state index contributed by atoms with van der Waals surface area (Å²) < 4.78 is 0. The highest BCUT2D eigenvalue weighted by Crippen LogP contribution is 2.28. The van der Waals surface area contributed by atoms with E-state index in [1.165, 1.54) is 30.3 Å². The van der Waals surface area contributed by atoms with E-state index in [2.05, 4.69) is 5.32 Å². The number of nitrogens with one attached hydrogen (secondary N) is 1. The van der Waals surface area contributed by atoms with Crippen LogP contribution in [0.25, 0.3) is 0 Å². The summed E-state index contributed by atoms with van der Waals surface area (Å²) in [5.74, 6) is -0.891. The lowest BCUT2D eigenvalue weighted by Crippen LogP contribution is -2.12. The number of amides is 1. The number of nitrogens with zero attached hydrogens (tertiary/aromatic N) is 1. The third-order valence-electron chi connectivity index (χ3n) is 2.62. The van der Waals surface area contributed by atoms with Crippen LogP contribution in [0.2, 0.25) is 10.0 Å². The van der Waals surface area contributed by atoms with Gasteiger partial charge in [-0.15, -0.1) is 0 Å². The van der Waals surface area contributed by atoms with Crippen LogP contribution in [-0.2, 0) is 0 Å². The van der Waals surface area contributed by atoms with Crippen LogP contribution in [0.4, 0.5) is 11.4 Å². The Kier molecular flexibility index (Phi) is 4.30. The zero-order valence-electron chi connectivity index (χ0n) is 10.3. The first-order chi connectivity index (χ1) is 9.88. The summed E-state index contributed by atoms with van der Waals surface area (Å²) in [7, 11) is 0. The number of anilines is 1. The van der Waals surface area contributed by atoms with Crippen molar-refractivity contribution >= 4 is 40.5 Å². The third-order valence-corrected chi connectivity index (χ3v) is 3.16. The molecule has 0 aromatic heterocycles. The number of carbonyl (C=O) groups excluding carboxylic acids is 1. The Morgan fingerprint density at radius 1 is 1.19 bits per heavy atom. The fraction of sp³-hybridized carbons (Fsp3) is 0. The minimum atomic E-state index is -0.611. The van der Waals surface area contributed by atoms with Gasteiger partial charge in [0.2, 0.25) is 0 Å². The summed E-state index contributed by atoms with van der Waals surface area (Å²) in [4.78, 5) is 22.0. The molecule has 0 unspecified atom stereocenters. The zero-order valence-corrected chi connectivity index (χ0v) is 11.9. The molecule has 0 fully saturated rings. The Morgan fingerprint density at radius 2 is 1.90 bits per heavy atom. The Morgan fingerprint density at radius 3 is 2.48 bits per heavy atom. The number of non-ortho nitro benzene ring substituents is 1. The van der Waals surface area contributed by atoms with Gasteiger partial charge >= 0.3 is 0 Å². The lowest BCUT2D eigenvalue weighted by molar-refractivity contribution is -0.384. The second kappa shape index (κ2) is 5.99. The van der Waals surface area contributed by atoms with Gasteiger partial charge in [0.05, 0.1) is 21.2 Å². The highest BCUT2D eigenvalue weighted by Gasteiger charge is 2.15. The van der Waals surface area contributed by atoms with Gasteiger partial charge in [-0.25, -0.2) is 0 Å². The molecule has 0 heterocycles. The van der Waals surface area contributed by atoms with Crippen molar-refractivity contribution in [2.75, 3.05) is 5.32 Å². The average Bonchev–Trinajstić information content (AvgIpc) is 2.40. The molecule has 2 aromatic carbocycles. The number of aromatic hydroxyl groups is 1. The molecule has 0 saturated carbocycles. The molecule has 0 radical (unpaired) electrons. The van der Waals surface area contributed by atoms with Crippen molar-refractivity contribution in [3.8, 4) is 5.75 Å². The van der Waals surface area contributed by atoms with Gasteiger partial charge in [-0.05, 0) is 24.3 Å². The second-order valence-corrected chi connectivity index (χ2v) is 4.88. The first kappa shape index (κ1) is 15.1. The van der Waals surface area contributed by atoms with Gasteiger partial charge in [-0.2, -0.15) is 0 Å². The Hall–Kier alpha value is -2.31. The van der Waals surface area contributed by atoms with Crippen LogP contribution in [0.3, 0.4) is 0 Å². The summed E-state index contributed by atoms with van der Waals surface area (Å²) in [6.45, 7) is 0. The van der Waals surface area contributed by atoms with Crippen LogP contribution in [0.5, 0.6) is 5.75 Å². The third kappa shape index (κ3) is 3.42. The average molecular weight is 327 g/mol. The van der Waals surface area contributed by atoms with E-state index in [0.717, 1.165) is 6.07 Å². The maximum Gasteiger partial charge on any atom is 0.271 e. The molecule has 2 aromatic rings. The van der Waals surface area contributed by atoms with Gasteiger partial charge in [0, 0.05) is 17.2 Å². The minimum absolute atomic E-state index is 0.00817. The molecule has 0 atom stereocenters. The Bertz CT molecular complexity index is 734. The number of halogens is 2. The molecule has 0 aliphatic heterocycles. The summed E-state index contributed by atoms with van der Waals surface area (Å²) in [5.41, 5.74) is 0.0165. The van der Waals surface area contributed by atoms with E-state index in [4.69, 9.17) is 23.2 Å². The number of nitro groups is 1. The molecule has 0 aliphatic rings. The second-order valence-electron chi connectivity index (χ2n) is 4.04. The van der Waals surface area contributed by atoms with Crippen molar-refractivity contribution in [1.29, 1.82) is 0 Å².